The number of nitrogens with zero attached hydrogens (tertiary/aromatic N) is 7. The highest BCUT2D eigenvalue weighted by molar-refractivity contribution is 6.30. The molecule has 2 saturated heterocycles. The SMILES string of the molecule is Cc1c(Cl)ncnc1NCC(NC(=O)OCc1ccccc1)C(=O)OC(C)(C)C.Cc1c(NCC(NC(=O)OCc2ccccc2)C(=O)OC(C)(C)C)ncnc1N1CCC(c2ccc3c(n2)NCCC3)CC1.FC(F)(F)C(F)(F)F.O=C(O)C(F)(F)F.O=CO.O=CO.c1cc2c(nc1C1CCNCC1)NCCC2. The van der Waals surface area contributed by atoms with Crippen LogP contribution in [0.3, 0.4) is 0 Å². The minimum Gasteiger partial charge on any atom is -0.483 e. The molecule has 110 heavy (non-hydrogen) atoms. The van der Waals surface area contributed by atoms with Gasteiger partial charge in [0.25, 0.3) is 12.9 Å². The van der Waals surface area contributed by atoms with E-state index in [1.165, 1.54) is 55.2 Å². The lowest BCUT2D eigenvalue weighted by Gasteiger charge is -2.34. The van der Waals surface area contributed by atoms with Crippen molar-refractivity contribution in [1.29, 1.82) is 0 Å². The summed E-state index contributed by atoms with van der Waals surface area (Å²) < 4.78 is 116. The van der Waals surface area contributed by atoms with E-state index < -0.39 is 71.9 Å². The number of esters is 2. The molecule has 10 rings (SSSR count). The van der Waals surface area contributed by atoms with Crippen molar-refractivity contribution in [2.75, 3.05) is 78.5 Å². The van der Waals surface area contributed by atoms with E-state index in [1.807, 2.05) is 67.6 Å². The molecule has 0 bridgehead atoms. The highest BCUT2D eigenvalue weighted by atomic mass is 35.5. The summed E-state index contributed by atoms with van der Waals surface area (Å²) >= 11 is 5.99. The first-order valence-electron chi connectivity index (χ1n) is 34.5. The molecular formula is C72H92ClF9N14O14. The Kier molecular flexibility index (Phi) is 37.4. The summed E-state index contributed by atoms with van der Waals surface area (Å²) in [6.45, 7) is 20.1. The molecule has 2 aromatic carbocycles. The zero-order valence-electron chi connectivity index (χ0n) is 61.7. The summed E-state index contributed by atoms with van der Waals surface area (Å²) in [6.07, 6.45) is -6.74. The fraction of sp³-hybridized carbons (Fsp3) is 0.486. The van der Waals surface area contributed by atoms with Crippen LogP contribution >= 0.6 is 11.6 Å². The summed E-state index contributed by atoms with van der Waals surface area (Å²) in [7, 11) is 0. The molecule has 4 aliphatic heterocycles. The van der Waals surface area contributed by atoms with Gasteiger partial charge in [-0.3, -0.25) is 9.59 Å². The fourth-order valence-electron chi connectivity index (χ4n) is 10.5. The minimum atomic E-state index is -6.06. The second-order valence-corrected chi connectivity index (χ2v) is 26.9. The molecule has 2 atom stereocenters. The van der Waals surface area contributed by atoms with Crippen molar-refractivity contribution in [3.63, 3.8) is 0 Å². The quantitative estimate of drug-likeness (QED) is 0.0133. The van der Waals surface area contributed by atoms with Crippen LogP contribution in [0.25, 0.3) is 0 Å². The summed E-state index contributed by atoms with van der Waals surface area (Å²) in [4.78, 5) is 105. The molecular weight excluding hydrogens is 1490 g/mol. The molecule has 38 heteroatoms. The third-order valence-electron chi connectivity index (χ3n) is 15.8. The van der Waals surface area contributed by atoms with Crippen LogP contribution in [0.2, 0.25) is 5.15 Å². The van der Waals surface area contributed by atoms with Crippen LogP contribution in [0, 0.1) is 13.8 Å². The number of halogens is 10. The number of carbonyl (C=O) groups excluding carboxylic acids is 4. The summed E-state index contributed by atoms with van der Waals surface area (Å²) in [5.74, 6) is 1.23. The van der Waals surface area contributed by atoms with Crippen molar-refractivity contribution < 1.29 is 107 Å². The number of aliphatic carboxylic acids is 1. The number of amides is 2. The molecule has 28 nitrogen and oxygen atoms in total. The number of piperidine rings is 2. The van der Waals surface area contributed by atoms with Crippen molar-refractivity contribution >= 4 is 83.7 Å². The van der Waals surface area contributed by atoms with Crippen LogP contribution < -0.4 is 42.1 Å². The number of carboxylic acid groups (broad SMARTS) is 3. The Balaban J connectivity index is 0.000000328. The van der Waals surface area contributed by atoms with Gasteiger partial charge in [0.05, 0.1) is 0 Å². The molecule has 6 aromatic rings. The maximum absolute atomic E-state index is 13.0. The number of anilines is 5. The number of aryl methyl sites for hydroxylation is 2. The topological polar surface area (TPSA) is 382 Å². The van der Waals surface area contributed by atoms with Gasteiger partial charge in [-0.1, -0.05) is 84.4 Å². The first kappa shape index (κ1) is 91.8. The first-order valence-corrected chi connectivity index (χ1v) is 34.8. The molecule has 0 aliphatic carbocycles. The zero-order valence-corrected chi connectivity index (χ0v) is 62.4. The van der Waals surface area contributed by atoms with E-state index in [0.29, 0.717) is 34.2 Å². The average molecular weight is 1580 g/mol. The summed E-state index contributed by atoms with van der Waals surface area (Å²) in [6, 6.07) is 25.5. The number of nitrogens with one attached hydrogen (secondary N) is 7. The molecule has 0 radical (unpaired) electrons. The average Bonchev–Trinajstić information content (AvgIpc) is 0.900. The van der Waals surface area contributed by atoms with Gasteiger partial charge in [-0.2, -0.15) is 39.5 Å². The third kappa shape index (κ3) is 33.5. The lowest BCUT2D eigenvalue weighted by molar-refractivity contribution is -0.339. The normalized spacial score (nSPS) is 14.6. The van der Waals surface area contributed by atoms with Gasteiger partial charge in [-0.05, 0) is 154 Å². The second-order valence-electron chi connectivity index (χ2n) is 26.5. The largest absolute Gasteiger partial charge is 0.490 e. The number of alkyl halides is 9. The van der Waals surface area contributed by atoms with Crippen LogP contribution in [-0.4, -0.2) is 182 Å². The third-order valence-corrected chi connectivity index (χ3v) is 16.2. The van der Waals surface area contributed by atoms with E-state index in [1.54, 1.807) is 48.5 Å². The Morgan fingerprint density at radius 3 is 1.34 bits per heavy atom. The number of carboxylic acids is 1. The Hall–Kier alpha value is -10.6. The molecule has 0 saturated carbocycles. The summed E-state index contributed by atoms with van der Waals surface area (Å²) in [5.41, 5.74) is 6.89. The standard InChI is InChI=1S/C33H43N7O4.C20H25ClN4O4.C13H19N3.C2F6.C2HF3O2.2CH2O2/c1-22-28(35-19-27(31(41)44-33(2,3)4)39-32(42)43-20-23-9-6-5-7-10-23)36-21-37-30(22)40-17-14-24(15-18-40)26-13-12-25-11-8-16-34-29(25)38-26;1-13-16(21)23-12-24-17(13)22-10-15(18(26)29-20(2,3)4)25-19(27)28-11-14-8-6-5-7-9-14;1-2-11-3-4-12(16-13(11)15-7-1)10-5-8-14-9-6-10;3-1(4,5)2(6,7)8;3-2(4,5)1(6)7;2*2-1-3/h5-7,9-10,12-13,21,24,27H,8,11,14-20H2,1-4H3,(H,34,38)(H,39,42)(H,35,36,37);5-9,12,15H,10-11H2,1-4H3,(H,25,27)(H,22,23,24);3-4,10,14H,1-2,5-9H2,(H,15,16);;(H,6,7);2*1H,(H,2,3). The van der Waals surface area contributed by atoms with E-state index in [2.05, 4.69) is 86.3 Å². The van der Waals surface area contributed by atoms with Crippen LogP contribution in [0.1, 0.15) is 137 Å². The summed E-state index contributed by atoms with van der Waals surface area (Å²) in [5, 5.41) is 42.9. The Labute approximate surface area is 634 Å². The highest BCUT2D eigenvalue weighted by Gasteiger charge is 2.59. The molecule has 10 N–H and O–H groups in total. The number of hydrogen-bond donors (Lipinski definition) is 10. The molecule has 2 amide bonds. The van der Waals surface area contributed by atoms with E-state index in [9.17, 15) is 58.7 Å². The van der Waals surface area contributed by atoms with Crippen molar-refractivity contribution in [2.24, 2.45) is 0 Å². The maximum Gasteiger partial charge on any atom is 0.490 e. The number of pyridine rings is 2. The van der Waals surface area contributed by atoms with Gasteiger partial charge in [0.1, 0.15) is 83.4 Å². The predicted molar refractivity (Wildman–Crippen MR) is 389 cm³/mol. The molecule has 8 heterocycles. The van der Waals surface area contributed by atoms with Gasteiger partial charge in [-0.15, -0.1) is 0 Å². The Bertz CT molecular complexity index is 3850. The van der Waals surface area contributed by atoms with Crippen molar-refractivity contribution in [1.82, 2.24) is 45.9 Å². The van der Waals surface area contributed by atoms with E-state index in [-0.39, 0.29) is 39.2 Å². The number of fused-ring (bicyclic) bond motifs is 2. The van der Waals surface area contributed by atoms with Gasteiger partial charge >= 0.3 is 48.6 Å². The van der Waals surface area contributed by atoms with Crippen LogP contribution in [0.5, 0.6) is 0 Å². The Morgan fingerprint density at radius 1 is 0.573 bits per heavy atom. The van der Waals surface area contributed by atoms with Crippen LogP contribution in [0.4, 0.5) is 78.2 Å². The zero-order chi connectivity index (χ0) is 81.8. The van der Waals surface area contributed by atoms with Crippen LogP contribution in [0.15, 0.2) is 97.6 Å². The smallest absolute Gasteiger partial charge is 0.483 e. The molecule has 2 fully saturated rings. The second kappa shape index (κ2) is 44.8. The lowest BCUT2D eigenvalue weighted by atomic mass is 9.92. The fourth-order valence-corrected chi connectivity index (χ4v) is 10.7. The molecule has 604 valence electrons. The monoisotopic (exact) mass is 1580 g/mol. The molecule has 4 aromatic heterocycles. The number of benzene rings is 2. The van der Waals surface area contributed by atoms with Crippen LogP contribution in [-0.2, 0) is 69.0 Å². The highest BCUT2D eigenvalue weighted by Crippen LogP contribution is 2.37. The van der Waals surface area contributed by atoms with Crippen molar-refractivity contribution in [2.45, 2.75) is 174 Å². The number of alkyl carbamates (subject to hydrolysis) is 2. The number of carbonyl (C=O) groups is 7. The number of hydrogen-bond acceptors (Lipinski definition) is 23. The maximum atomic E-state index is 13.0. The number of rotatable bonds is 17. The van der Waals surface area contributed by atoms with E-state index in [4.69, 9.17) is 70.2 Å². The van der Waals surface area contributed by atoms with Gasteiger partial charge in [0.2, 0.25) is 0 Å². The lowest BCUT2D eigenvalue weighted by Crippen LogP contribution is -2.48. The minimum absolute atomic E-state index is 0.0313. The molecule has 4 aliphatic rings. The predicted octanol–water partition coefficient (Wildman–Crippen LogP) is 12.5. The van der Waals surface area contributed by atoms with Crippen molar-refractivity contribution in [3.05, 3.63) is 148 Å². The van der Waals surface area contributed by atoms with E-state index >= 15 is 0 Å². The van der Waals surface area contributed by atoms with Gasteiger partial charge in [0.15, 0.2) is 0 Å². The molecule has 0 spiro atoms. The van der Waals surface area contributed by atoms with E-state index in [0.717, 1.165) is 105 Å². The number of aromatic nitrogens is 6. The van der Waals surface area contributed by atoms with Gasteiger partial charge in [-0.25, -0.2) is 53.9 Å². The number of ether oxygens (including phenoxy) is 4. The Morgan fingerprint density at radius 2 is 0.955 bits per heavy atom. The van der Waals surface area contributed by atoms with Gasteiger partial charge in [0, 0.05) is 73.6 Å². The van der Waals surface area contributed by atoms with Gasteiger partial charge < -0.3 is 76.4 Å². The molecule has 2 unspecified atom stereocenters. The first-order chi connectivity index (χ1) is 51.8. The van der Waals surface area contributed by atoms with Crippen molar-refractivity contribution in [3.8, 4) is 0 Å².